The molecule has 0 bridgehead atoms. The number of piperazine rings is 1. The van der Waals surface area contributed by atoms with E-state index in [0.717, 1.165) is 43.1 Å². The van der Waals surface area contributed by atoms with Crippen LogP contribution in [0.4, 0.5) is 15.8 Å². The number of nitrogens with one attached hydrogen (secondary N) is 1. The highest BCUT2D eigenvalue weighted by Crippen LogP contribution is 2.26. The average Bonchev–Trinajstić information content (AvgIpc) is 2.90. The number of anilines is 2. The van der Waals surface area contributed by atoms with Crippen molar-refractivity contribution in [1.29, 1.82) is 0 Å². The van der Waals surface area contributed by atoms with Gasteiger partial charge < -0.3 is 19.9 Å². The summed E-state index contributed by atoms with van der Waals surface area (Å²) in [4.78, 5) is 19.7. The highest BCUT2D eigenvalue weighted by Gasteiger charge is 2.26. The third-order valence-corrected chi connectivity index (χ3v) is 6.53. The largest absolute Gasteiger partial charge is 0.497 e. The molecule has 1 aliphatic rings. The van der Waals surface area contributed by atoms with Gasteiger partial charge in [-0.3, -0.25) is 9.69 Å². The Morgan fingerprint density at radius 3 is 2.31 bits per heavy atom. The van der Waals surface area contributed by atoms with Crippen LogP contribution in [0.2, 0.25) is 0 Å². The lowest BCUT2D eigenvalue weighted by Gasteiger charge is -2.40. The summed E-state index contributed by atoms with van der Waals surface area (Å²) in [6, 6.07) is 22.4. The molecule has 1 amide bonds. The van der Waals surface area contributed by atoms with E-state index in [-0.39, 0.29) is 17.8 Å². The van der Waals surface area contributed by atoms with Crippen molar-refractivity contribution >= 4 is 17.3 Å². The SMILES string of the molecule is COc1cccc(C(=O)NC[C@H](c2ccc(N(C)C)cc2)N2CCN(c3ccc(F)cc3)CC2)c1. The van der Waals surface area contributed by atoms with E-state index in [1.54, 1.807) is 19.2 Å². The lowest BCUT2D eigenvalue weighted by Crippen LogP contribution is -2.50. The Kier molecular flexibility index (Phi) is 7.87. The summed E-state index contributed by atoms with van der Waals surface area (Å²) in [5, 5.41) is 3.13. The Labute approximate surface area is 206 Å². The maximum Gasteiger partial charge on any atom is 0.251 e. The molecule has 1 N–H and O–H groups in total. The monoisotopic (exact) mass is 476 g/mol. The van der Waals surface area contributed by atoms with Gasteiger partial charge in [-0.25, -0.2) is 4.39 Å². The molecule has 0 aliphatic carbocycles. The lowest BCUT2D eigenvalue weighted by molar-refractivity contribution is 0.0930. The van der Waals surface area contributed by atoms with Crippen molar-refractivity contribution in [2.45, 2.75) is 6.04 Å². The van der Waals surface area contributed by atoms with Crippen LogP contribution in [0, 0.1) is 5.82 Å². The van der Waals surface area contributed by atoms with Gasteiger partial charge in [0.25, 0.3) is 5.91 Å². The normalized spacial score (nSPS) is 14.9. The zero-order valence-electron chi connectivity index (χ0n) is 20.6. The van der Waals surface area contributed by atoms with Gasteiger partial charge in [-0.15, -0.1) is 0 Å². The van der Waals surface area contributed by atoms with Crippen LogP contribution in [0.3, 0.4) is 0 Å². The van der Waals surface area contributed by atoms with Crippen molar-refractivity contribution in [3.05, 3.63) is 89.7 Å². The summed E-state index contributed by atoms with van der Waals surface area (Å²) in [7, 11) is 5.64. The third-order valence-electron chi connectivity index (χ3n) is 6.53. The van der Waals surface area contributed by atoms with Crippen LogP contribution in [-0.4, -0.2) is 64.7 Å². The van der Waals surface area contributed by atoms with E-state index >= 15 is 0 Å². The maximum atomic E-state index is 13.3. The first-order valence-electron chi connectivity index (χ1n) is 11.9. The Morgan fingerprint density at radius 1 is 1.00 bits per heavy atom. The number of hydrogen-bond donors (Lipinski definition) is 1. The predicted octanol–water partition coefficient (Wildman–Crippen LogP) is 4.19. The summed E-state index contributed by atoms with van der Waals surface area (Å²) < 4.78 is 18.6. The number of benzene rings is 3. The van der Waals surface area contributed by atoms with E-state index in [0.29, 0.717) is 17.9 Å². The molecule has 4 rings (SSSR count). The minimum absolute atomic E-state index is 0.0381. The van der Waals surface area contributed by atoms with Crippen LogP contribution >= 0.6 is 0 Å². The topological polar surface area (TPSA) is 48.1 Å². The number of hydrogen-bond acceptors (Lipinski definition) is 5. The molecule has 1 fully saturated rings. The standard InChI is InChI=1S/C28H33FN4O2/c1-31(2)24-11-7-21(8-12-24)27(20-30-28(34)22-5-4-6-26(19-22)35-3)33-17-15-32(16-18-33)25-13-9-23(29)10-14-25/h4-14,19,27H,15-18,20H2,1-3H3,(H,30,34)/t27-/m1/s1. The number of nitrogens with zero attached hydrogens (tertiary/aromatic N) is 3. The molecule has 35 heavy (non-hydrogen) atoms. The highest BCUT2D eigenvalue weighted by atomic mass is 19.1. The summed E-state index contributed by atoms with van der Waals surface area (Å²) >= 11 is 0. The summed E-state index contributed by atoms with van der Waals surface area (Å²) in [6.07, 6.45) is 0. The van der Waals surface area contributed by atoms with Gasteiger partial charge in [-0.2, -0.15) is 0 Å². The Balaban J connectivity index is 1.48. The second-order valence-corrected chi connectivity index (χ2v) is 8.94. The smallest absolute Gasteiger partial charge is 0.251 e. The molecule has 0 saturated carbocycles. The Morgan fingerprint density at radius 2 is 1.69 bits per heavy atom. The summed E-state index contributed by atoms with van der Waals surface area (Å²) in [5.41, 5.74) is 3.90. The summed E-state index contributed by atoms with van der Waals surface area (Å²) in [6.45, 7) is 3.84. The zero-order chi connectivity index (χ0) is 24.8. The number of ether oxygens (including phenoxy) is 1. The fraction of sp³-hybridized carbons (Fsp3) is 0.321. The van der Waals surface area contributed by atoms with Gasteiger partial charge in [0.15, 0.2) is 0 Å². The van der Waals surface area contributed by atoms with Crippen LogP contribution in [0.5, 0.6) is 5.75 Å². The van der Waals surface area contributed by atoms with Crippen molar-refractivity contribution in [1.82, 2.24) is 10.2 Å². The first kappa shape index (κ1) is 24.5. The third kappa shape index (κ3) is 6.11. The molecular formula is C28H33FN4O2. The molecule has 3 aromatic rings. The van der Waals surface area contributed by atoms with Gasteiger partial charge in [0.1, 0.15) is 11.6 Å². The van der Waals surface area contributed by atoms with E-state index < -0.39 is 0 Å². The second kappa shape index (κ2) is 11.2. The molecule has 0 spiro atoms. The minimum atomic E-state index is -0.222. The minimum Gasteiger partial charge on any atom is -0.497 e. The maximum absolute atomic E-state index is 13.3. The number of rotatable bonds is 8. The van der Waals surface area contributed by atoms with Gasteiger partial charge >= 0.3 is 0 Å². The molecule has 7 heteroatoms. The number of carbonyl (C=O) groups is 1. The van der Waals surface area contributed by atoms with Crippen LogP contribution in [0.15, 0.2) is 72.8 Å². The second-order valence-electron chi connectivity index (χ2n) is 8.94. The average molecular weight is 477 g/mol. The molecule has 1 heterocycles. The zero-order valence-corrected chi connectivity index (χ0v) is 20.6. The number of halogens is 1. The molecule has 1 aliphatic heterocycles. The van der Waals surface area contributed by atoms with Gasteiger partial charge in [0.05, 0.1) is 13.2 Å². The van der Waals surface area contributed by atoms with Crippen molar-refractivity contribution in [2.24, 2.45) is 0 Å². The van der Waals surface area contributed by atoms with E-state index in [1.807, 2.05) is 38.4 Å². The Hall–Kier alpha value is -3.58. The van der Waals surface area contributed by atoms with Gasteiger partial charge in [0.2, 0.25) is 0 Å². The van der Waals surface area contributed by atoms with Crippen molar-refractivity contribution in [3.63, 3.8) is 0 Å². The number of methoxy groups -OCH3 is 1. The molecule has 6 nitrogen and oxygen atoms in total. The van der Waals surface area contributed by atoms with Crippen molar-refractivity contribution in [2.75, 3.05) is 63.7 Å². The van der Waals surface area contributed by atoms with Crippen molar-refractivity contribution < 1.29 is 13.9 Å². The van der Waals surface area contributed by atoms with Gasteiger partial charge in [-0.1, -0.05) is 18.2 Å². The number of carbonyl (C=O) groups excluding carboxylic acids is 1. The highest BCUT2D eigenvalue weighted by molar-refractivity contribution is 5.94. The van der Waals surface area contributed by atoms with E-state index in [1.165, 1.54) is 12.1 Å². The molecule has 0 unspecified atom stereocenters. The first-order valence-corrected chi connectivity index (χ1v) is 11.9. The quantitative estimate of drug-likeness (QED) is 0.528. The van der Waals surface area contributed by atoms with Crippen LogP contribution in [0.1, 0.15) is 22.0 Å². The fourth-order valence-electron chi connectivity index (χ4n) is 4.45. The molecule has 3 aromatic carbocycles. The van der Waals surface area contributed by atoms with E-state index in [4.69, 9.17) is 4.74 Å². The van der Waals surface area contributed by atoms with Gasteiger partial charge in [0, 0.05) is 63.8 Å². The predicted molar refractivity (Wildman–Crippen MR) is 139 cm³/mol. The Bertz CT molecular complexity index is 1110. The van der Waals surface area contributed by atoms with Gasteiger partial charge in [-0.05, 0) is 60.2 Å². The molecule has 0 aromatic heterocycles. The van der Waals surface area contributed by atoms with Crippen molar-refractivity contribution in [3.8, 4) is 5.75 Å². The molecule has 1 atom stereocenters. The lowest BCUT2D eigenvalue weighted by atomic mass is 10.0. The molecule has 184 valence electrons. The molecule has 1 saturated heterocycles. The van der Waals surface area contributed by atoms with Crippen LogP contribution in [0.25, 0.3) is 0 Å². The number of amides is 1. The van der Waals surface area contributed by atoms with Crippen LogP contribution < -0.4 is 19.9 Å². The summed E-state index contributed by atoms with van der Waals surface area (Å²) in [5.74, 6) is 0.314. The van der Waals surface area contributed by atoms with Crippen LogP contribution in [-0.2, 0) is 0 Å². The molecule has 0 radical (unpaired) electrons. The molecular weight excluding hydrogens is 443 g/mol. The fourth-order valence-corrected chi connectivity index (χ4v) is 4.45. The van der Waals surface area contributed by atoms with E-state index in [9.17, 15) is 9.18 Å². The first-order chi connectivity index (χ1) is 16.9. The van der Waals surface area contributed by atoms with E-state index in [2.05, 4.69) is 44.3 Å².